The lowest BCUT2D eigenvalue weighted by molar-refractivity contribution is 0.145. The van der Waals surface area contributed by atoms with Crippen molar-refractivity contribution >= 4 is 15.9 Å². The maximum Gasteiger partial charge on any atom is 0.0493 e. The fraction of sp³-hybridized carbons (Fsp3) is 0.500. The Morgan fingerprint density at radius 2 is 2.29 bits per heavy atom. The second-order valence-corrected chi connectivity index (χ2v) is 4.89. The molecule has 0 aliphatic heterocycles. The number of hydrogen-bond donors (Lipinski definition) is 0. The van der Waals surface area contributed by atoms with E-state index in [0.29, 0.717) is 5.92 Å². The van der Waals surface area contributed by atoms with Gasteiger partial charge in [-0.2, -0.15) is 0 Å². The Morgan fingerprint density at radius 1 is 1.43 bits per heavy atom. The first-order valence-electron chi connectivity index (χ1n) is 5.06. The summed E-state index contributed by atoms with van der Waals surface area (Å²) in [7, 11) is 1.79. The van der Waals surface area contributed by atoms with Crippen molar-refractivity contribution in [2.45, 2.75) is 19.3 Å². The van der Waals surface area contributed by atoms with Crippen LogP contribution in [0.2, 0.25) is 0 Å². The quantitative estimate of drug-likeness (QED) is 0.788. The van der Waals surface area contributed by atoms with Crippen LogP contribution in [-0.2, 0) is 17.6 Å². The first-order valence-corrected chi connectivity index (χ1v) is 5.85. The molecule has 1 aliphatic carbocycles. The Bertz CT molecular complexity index is 322. The van der Waals surface area contributed by atoms with Crippen LogP contribution in [0.15, 0.2) is 22.7 Å². The van der Waals surface area contributed by atoms with Crippen molar-refractivity contribution < 1.29 is 4.74 Å². The zero-order valence-corrected chi connectivity index (χ0v) is 10.0. The second-order valence-electron chi connectivity index (χ2n) is 3.98. The van der Waals surface area contributed by atoms with Crippen LogP contribution in [0.1, 0.15) is 17.5 Å². The molecule has 0 aromatic heterocycles. The minimum Gasteiger partial charge on any atom is -0.384 e. The summed E-state index contributed by atoms with van der Waals surface area (Å²) in [5.74, 6) is 0.710. The average Bonchev–Trinajstić information content (AvgIpc) is 2.17. The van der Waals surface area contributed by atoms with E-state index in [0.717, 1.165) is 6.61 Å². The van der Waals surface area contributed by atoms with E-state index in [9.17, 15) is 0 Å². The highest BCUT2D eigenvalue weighted by molar-refractivity contribution is 9.10. The molecule has 1 nitrogen and oxygen atoms in total. The first-order chi connectivity index (χ1) is 6.79. The van der Waals surface area contributed by atoms with Crippen LogP contribution in [0.5, 0.6) is 0 Å². The average molecular weight is 255 g/mol. The summed E-state index contributed by atoms with van der Waals surface area (Å²) < 4.78 is 6.40. The van der Waals surface area contributed by atoms with Gasteiger partial charge in [0.1, 0.15) is 0 Å². The maximum absolute atomic E-state index is 5.21. The van der Waals surface area contributed by atoms with Crippen molar-refractivity contribution in [2.75, 3.05) is 13.7 Å². The maximum atomic E-state index is 5.21. The number of hydrogen-bond acceptors (Lipinski definition) is 1. The van der Waals surface area contributed by atoms with Gasteiger partial charge in [0.2, 0.25) is 0 Å². The summed E-state index contributed by atoms with van der Waals surface area (Å²) >= 11 is 3.52. The van der Waals surface area contributed by atoms with Gasteiger partial charge in [0.05, 0.1) is 0 Å². The lowest BCUT2D eigenvalue weighted by atomic mass is 9.84. The molecule has 0 bridgehead atoms. The van der Waals surface area contributed by atoms with Gasteiger partial charge in [0.15, 0.2) is 0 Å². The van der Waals surface area contributed by atoms with Crippen molar-refractivity contribution in [3.63, 3.8) is 0 Å². The molecule has 1 aromatic rings. The van der Waals surface area contributed by atoms with E-state index in [1.165, 1.54) is 34.9 Å². The molecule has 0 saturated carbocycles. The van der Waals surface area contributed by atoms with Gasteiger partial charge in [-0.1, -0.05) is 22.0 Å². The smallest absolute Gasteiger partial charge is 0.0493 e. The summed E-state index contributed by atoms with van der Waals surface area (Å²) in [6.45, 7) is 0.895. The molecule has 1 aliphatic rings. The highest BCUT2D eigenvalue weighted by Crippen LogP contribution is 2.27. The Kier molecular flexibility index (Phi) is 3.24. The molecule has 2 heteroatoms. The van der Waals surface area contributed by atoms with Crippen molar-refractivity contribution in [1.29, 1.82) is 0 Å². The topological polar surface area (TPSA) is 9.23 Å². The van der Waals surface area contributed by atoms with Crippen LogP contribution in [-0.4, -0.2) is 13.7 Å². The van der Waals surface area contributed by atoms with E-state index < -0.39 is 0 Å². The van der Waals surface area contributed by atoms with E-state index >= 15 is 0 Å². The van der Waals surface area contributed by atoms with E-state index in [1.54, 1.807) is 7.11 Å². The predicted molar refractivity (Wildman–Crippen MR) is 61.5 cm³/mol. The zero-order chi connectivity index (χ0) is 9.97. The Balaban J connectivity index is 2.16. The summed E-state index contributed by atoms with van der Waals surface area (Å²) in [6, 6.07) is 6.62. The molecule has 1 atom stereocenters. The molecule has 0 spiro atoms. The number of methoxy groups -OCH3 is 1. The van der Waals surface area contributed by atoms with Gasteiger partial charge >= 0.3 is 0 Å². The van der Waals surface area contributed by atoms with Gasteiger partial charge in [-0.25, -0.2) is 0 Å². The lowest BCUT2D eigenvalue weighted by Gasteiger charge is -2.24. The molecule has 14 heavy (non-hydrogen) atoms. The first kappa shape index (κ1) is 10.2. The van der Waals surface area contributed by atoms with Crippen LogP contribution in [0.3, 0.4) is 0 Å². The van der Waals surface area contributed by atoms with Crippen LogP contribution < -0.4 is 0 Å². The molecule has 2 rings (SSSR count). The monoisotopic (exact) mass is 254 g/mol. The second kappa shape index (κ2) is 4.45. The zero-order valence-electron chi connectivity index (χ0n) is 8.42. The molecule has 0 N–H and O–H groups in total. The SMILES string of the molecule is COCC1CCc2ccc(Br)cc2C1. The molecule has 76 valence electrons. The van der Waals surface area contributed by atoms with Gasteiger partial charge in [-0.15, -0.1) is 0 Å². The fourth-order valence-electron chi connectivity index (χ4n) is 2.18. The molecule has 0 fully saturated rings. The highest BCUT2D eigenvalue weighted by Gasteiger charge is 2.18. The van der Waals surface area contributed by atoms with Crippen molar-refractivity contribution in [2.24, 2.45) is 5.92 Å². The summed E-state index contributed by atoms with van der Waals surface area (Å²) in [5, 5.41) is 0. The summed E-state index contributed by atoms with van der Waals surface area (Å²) in [6.07, 6.45) is 3.64. The standard InChI is InChI=1S/C12H15BrO/c1-14-8-9-2-3-10-4-5-12(13)7-11(10)6-9/h4-5,7,9H,2-3,6,8H2,1H3. The normalized spacial score (nSPS) is 20.6. The molecular formula is C12H15BrO. The number of halogens is 1. The summed E-state index contributed by atoms with van der Waals surface area (Å²) in [5.41, 5.74) is 3.01. The largest absolute Gasteiger partial charge is 0.384 e. The van der Waals surface area contributed by atoms with Crippen molar-refractivity contribution in [1.82, 2.24) is 0 Å². The van der Waals surface area contributed by atoms with Crippen molar-refractivity contribution in [3.8, 4) is 0 Å². The highest BCUT2D eigenvalue weighted by atomic mass is 79.9. The molecule has 1 unspecified atom stereocenters. The minimum atomic E-state index is 0.710. The van der Waals surface area contributed by atoms with Gasteiger partial charge < -0.3 is 4.74 Å². The molecule has 0 amide bonds. The van der Waals surface area contributed by atoms with Crippen LogP contribution in [0.4, 0.5) is 0 Å². The third kappa shape index (κ3) is 2.18. The van der Waals surface area contributed by atoms with Crippen LogP contribution in [0, 0.1) is 5.92 Å². The van der Waals surface area contributed by atoms with E-state index in [2.05, 4.69) is 34.1 Å². The van der Waals surface area contributed by atoms with E-state index in [4.69, 9.17) is 4.74 Å². The van der Waals surface area contributed by atoms with E-state index in [1.807, 2.05) is 0 Å². The molecule has 0 heterocycles. The fourth-order valence-corrected chi connectivity index (χ4v) is 2.59. The Labute approximate surface area is 93.6 Å². The molecule has 0 radical (unpaired) electrons. The Hall–Kier alpha value is -0.340. The van der Waals surface area contributed by atoms with Gasteiger partial charge in [-0.05, 0) is 48.4 Å². The predicted octanol–water partition coefficient (Wildman–Crippen LogP) is 3.20. The van der Waals surface area contributed by atoms with Crippen LogP contribution >= 0.6 is 15.9 Å². The van der Waals surface area contributed by atoms with Crippen molar-refractivity contribution in [3.05, 3.63) is 33.8 Å². The van der Waals surface area contributed by atoms with E-state index in [-0.39, 0.29) is 0 Å². The number of benzene rings is 1. The van der Waals surface area contributed by atoms with Gasteiger partial charge in [-0.3, -0.25) is 0 Å². The minimum absolute atomic E-state index is 0.710. The van der Waals surface area contributed by atoms with Crippen LogP contribution in [0.25, 0.3) is 0 Å². The molecule has 0 saturated heterocycles. The lowest BCUT2D eigenvalue weighted by Crippen LogP contribution is -2.18. The van der Waals surface area contributed by atoms with Gasteiger partial charge in [0.25, 0.3) is 0 Å². The number of ether oxygens (including phenoxy) is 1. The molecular weight excluding hydrogens is 240 g/mol. The van der Waals surface area contributed by atoms with Gasteiger partial charge in [0, 0.05) is 18.2 Å². The third-order valence-electron chi connectivity index (χ3n) is 2.90. The number of aryl methyl sites for hydroxylation is 1. The number of rotatable bonds is 2. The third-order valence-corrected chi connectivity index (χ3v) is 3.39. The summed E-state index contributed by atoms with van der Waals surface area (Å²) in [4.78, 5) is 0. The molecule has 1 aromatic carbocycles. The number of fused-ring (bicyclic) bond motifs is 1. The Morgan fingerprint density at radius 3 is 3.07 bits per heavy atom.